The van der Waals surface area contributed by atoms with Crippen molar-refractivity contribution in [1.29, 1.82) is 0 Å². The maximum atomic E-state index is 12.2. The lowest BCUT2D eigenvalue weighted by Crippen LogP contribution is -2.20. The molecular weight excluding hydrogens is 366 g/mol. The molecule has 0 radical (unpaired) electrons. The minimum atomic E-state index is -0.349. The molecule has 2 aromatic heterocycles. The molecule has 0 saturated heterocycles. The summed E-state index contributed by atoms with van der Waals surface area (Å²) in [5.41, 5.74) is 6.12. The number of nitrogens with zero attached hydrogens (tertiary/aromatic N) is 3. The number of urea groups is 1. The fraction of sp³-hybridized carbons (Fsp3) is 0.0909. The highest BCUT2D eigenvalue weighted by Gasteiger charge is 2.09. The highest BCUT2D eigenvalue weighted by Crippen LogP contribution is 2.29. The van der Waals surface area contributed by atoms with Gasteiger partial charge < -0.3 is 15.1 Å². The van der Waals surface area contributed by atoms with Crippen molar-refractivity contribution < 1.29 is 9.21 Å². The van der Waals surface area contributed by atoms with Crippen LogP contribution in [0.5, 0.6) is 0 Å². The van der Waals surface area contributed by atoms with E-state index in [1.807, 2.05) is 36.4 Å². The van der Waals surface area contributed by atoms with E-state index < -0.39 is 0 Å². The summed E-state index contributed by atoms with van der Waals surface area (Å²) in [4.78, 5) is 24.4. The van der Waals surface area contributed by atoms with Crippen LogP contribution in [0.1, 0.15) is 11.3 Å². The van der Waals surface area contributed by atoms with Gasteiger partial charge in [-0.05, 0) is 54.8 Å². The van der Waals surface area contributed by atoms with Gasteiger partial charge in [-0.1, -0.05) is 18.2 Å². The molecule has 0 atom stereocenters. The minimum Gasteiger partial charge on any atom is -0.445 e. The van der Waals surface area contributed by atoms with Crippen LogP contribution in [0.25, 0.3) is 22.6 Å². The molecule has 0 aliphatic rings. The van der Waals surface area contributed by atoms with Crippen LogP contribution in [0.3, 0.4) is 0 Å². The van der Waals surface area contributed by atoms with Crippen LogP contribution >= 0.6 is 0 Å². The molecule has 4 rings (SSSR count). The van der Waals surface area contributed by atoms with Crippen molar-refractivity contribution in [2.45, 2.75) is 13.8 Å². The predicted octanol–water partition coefficient (Wildman–Crippen LogP) is 5.06. The second kappa shape index (κ2) is 7.93. The number of carbonyl (C=O) groups excluding carboxylic acids is 1. The quantitative estimate of drug-likeness (QED) is 0.512. The third kappa shape index (κ3) is 4.14. The minimum absolute atomic E-state index is 0.349. The van der Waals surface area contributed by atoms with Crippen LogP contribution in [0.4, 0.5) is 16.2 Å². The van der Waals surface area contributed by atoms with Crippen molar-refractivity contribution >= 4 is 17.4 Å². The van der Waals surface area contributed by atoms with Crippen LogP contribution in [-0.2, 0) is 0 Å². The number of nitrogens with one attached hydrogen (secondary N) is 2. The number of hydrogen-bond acceptors (Lipinski definition) is 5. The van der Waals surface area contributed by atoms with E-state index in [9.17, 15) is 4.79 Å². The topological polar surface area (TPSA) is 92.9 Å². The average molecular weight is 385 g/mol. The Bertz CT molecular complexity index is 1140. The Morgan fingerprint density at radius 2 is 1.76 bits per heavy atom. The van der Waals surface area contributed by atoms with E-state index in [4.69, 9.17) is 4.42 Å². The van der Waals surface area contributed by atoms with Crippen molar-refractivity contribution in [2.24, 2.45) is 0 Å². The molecule has 0 aliphatic heterocycles. The molecule has 7 nitrogen and oxygen atoms in total. The highest BCUT2D eigenvalue weighted by atomic mass is 16.3. The first-order valence-electron chi connectivity index (χ1n) is 9.06. The van der Waals surface area contributed by atoms with E-state index in [0.29, 0.717) is 23.0 Å². The van der Waals surface area contributed by atoms with Gasteiger partial charge in [0.25, 0.3) is 0 Å². The van der Waals surface area contributed by atoms with Crippen molar-refractivity contribution in [3.63, 3.8) is 0 Å². The predicted molar refractivity (Wildman–Crippen MR) is 112 cm³/mol. The van der Waals surface area contributed by atoms with Crippen LogP contribution in [0.2, 0.25) is 0 Å². The zero-order valence-electron chi connectivity index (χ0n) is 16.0. The number of oxazole rings is 1. The van der Waals surface area contributed by atoms with Gasteiger partial charge in [-0.3, -0.25) is 0 Å². The summed E-state index contributed by atoms with van der Waals surface area (Å²) in [5, 5.41) is 5.56. The molecule has 2 heterocycles. The number of hydrogen-bond donors (Lipinski definition) is 2. The van der Waals surface area contributed by atoms with Gasteiger partial charge in [-0.25, -0.2) is 19.7 Å². The molecule has 0 fully saturated rings. The molecule has 0 bridgehead atoms. The second-order valence-electron chi connectivity index (χ2n) is 6.55. The maximum Gasteiger partial charge on any atom is 0.323 e. The lowest BCUT2D eigenvalue weighted by Gasteiger charge is -2.11. The van der Waals surface area contributed by atoms with Gasteiger partial charge in [0.05, 0.1) is 23.8 Å². The standard InChI is InChI=1S/C22H19N5O2/c1-14-3-4-17(21-24-9-10-29-21)11-19(14)16-5-7-18(8-6-16)26-22(28)27-20-12-23-13-25-15(20)2/h3-13H,1-2H3,(H2,26,27,28). The molecule has 0 unspecified atom stereocenters. The van der Waals surface area contributed by atoms with Gasteiger partial charge in [-0.15, -0.1) is 0 Å². The van der Waals surface area contributed by atoms with Crippen LogP contribution in [0.15, 0.2) is 71.9 Å². The monoisotopic (exact) mass is 385 g/mol. The maximum absolute atomic E-state index is 12.2. The molecule has 7 heteroatoms. The van der Waals surface area contributed by atoms with Gasteiger partial charge in [0.1, 0.15) is 12.6 Å². The Kier molecular flexibility index (Phi) is 5.03. The zero-order chi connectivity index (χ0) is 20.2. The van der Waals surface area contributed by atoms with E-state index in [0.717, 1.165) is 22.3 Å². The Balaban J connectivity index is 1.50. The fourth-order valence-corrected chi connectivity index (χ4v) is 2.96. The summed E-state index contributed by atoms with van der Waals surface area (Å²) in [6.07, 6.45) is 6.19. The summed E-state index contributed by atoms with van der Waals surface area (Å²) >= 11 is 0. The van der Waals surface area contributed by atoms with Crippen molar-refractivity contribution in [2.75, 3.05) is 10.6 Å². The lowest BCUT2D eigenvalue weighted by atomic mass is 9.98. The van der Waals surface area contributed by atoms with E-state index in [-0.39, 0.29) is 6.03 Å². The number of anilines is 2. The molecule has 4 aromatic rings. The van der Waals surface area contributed by atoms with Crippen molar-refractivity contribution in [3.05, 3.63) is 78.7 Å². The molecule has 2 N–H and O–H groups in total. The molecule has 0 saturated carbocycles. The molecule has 2 aromatic carbocycles. The number of amides is 2. The molecule has 29 heavy (non-hydrogen) atoms. The largest absolute Gasteiger partial charge is 0.445 e. The first-order valence-corrected chi connectivity index (χ1v) is 9.06. The van der Waals surface area contributed by atoms with Gasteiger partial charge in [-0.2, -0.15) is 0 Å². The molecule has 144 valence electrons. The SMILES string of the molecule is Cc1ccc(-c2ncco2)cc1-c1ccc(NC(=O)Nc2cncnc2C)cc1. The number of aromatic nitrogens is 3. The summed E-state index contributed by atoms with van der Waals surface area (Å²) < 4.78 is 5.40. The van der Waals surface area contributed by atoms with Gasteiger partial charge in [0.2, 0.25) is 5.89 Å². The van der Waals surface area contributed by atoms with Crippen LogP contribution in [-0.4, -0.2) is 21.0 Å². The number of rotatable bonds is 4. The summed E-state index contributed by atoms with van der Waals surface area (Å²) in [5.74, 6) is 0.585. The van der Waals surface area contributed by atoms with Crippen LogP contribution in [0, 0.1) is 13.8 Å². The molecular formula is C22H19N5O2. The fourth-order valence-electron chi connectivity index (χ4n) is 2.96. The average Bonchev–Trinajstić information content (AvgIpc) is 3.26. The normalized spacial score (nSPS) is 10.6. The Morgan fingerprint density at radius 1 is 0.966 bits per heavy atom. The summed E-state index contributed by atoms with van der Waals surface area (Å²) in [6.45, 7) is 3.86. The Hall–Kier alpha value is -4.00. The number of carbonyl (C=O) groups is 1. The number of benzene rings is 2. The van der Waals surface area contributed by atoms with E-state index in [2.05, 4.69) is 38.6 Å². The zero-order valence-corrected chi connectivity index (χ0v) is 16.0. The van der Waals surface area contributed by atoms with Gasteiger partial charge >= 0.3 is 6.03 Å². The summed E-state index contributed by atoms with van der Waals surface area (Å²) in [7, 11) is 0. The van der Waals surface area contributed by atoms with E-state index in [1.54, 1.807) is 25.6 Å². The Labute approximate surface area is 167 Å². The summed E-state index contributed by atoms with van der Waals surface area (Å²) in [6, 6.07) is 13.4. The first-order chi connectivity index (χ1) is 14.1. The van der Waals surface area contributed by atoms with Gasteiger partial charge in [0.15, 0.2) is 0 Å². The molecule has 2 amide bonds. The lowest BCUT2D eigenvalue weighted by molar-refractivity contribution is 0.262. The van der Waals surface area contributed by atoms with Crippen molar-refractivity contribution in [1.82, 2.24) is 15.0 Å². The first kappa shape index (κ1) is 18.4. The second-order valence-corrected chi connectivity index (χ2v) is 6.55. The third-order valence-electron chi connectivity index (χ3n) is 4.53. The Morgan fingerprint density at radius 3 is 2.48 bits per heavy atom. The molecule has 0 spiro atoms. The highest BCUT2D eigenvalue weighted by molar-refractivity contribution is 6.00. The van der Waals surface area contributed by atoms with Gasteiger partial charge in [0, 0.05) is 11.3 Å². The van der Waals surface area contributed by atoms with E-state index >= 15 is 0 Å². The molecule has 0 aliphatic carbocycles. The van der Waals surface area contributed by atoms with E-state index in [1.165, 1.54) is 6.33 Å². The number of aryl methyl sites for hydroxylation is 2. The smallest absolute Gasteiger partial charge is 0.323 e. The van der Waals surface area contributed by atoms with Crippen molar-refractivity contribution in [3.8, 4) is 22.6 Å². The third-order valence-corrected chi connectivity index (χ3v) is 4.53. The van der Waals surface area contributed by atoms with Crippen LogP contribution < -0.4 is 10.6 Å².